The maximum atomic E-state index is 9.05. The van der Waals surface area contributed by atoms with Crippen LogP contribution in [0.4, 0.5) is 0 Å². The molecule has 2 unspecified atom stereocenters. The molecule has 0 bridgehead atoms. The van der Waals surface area contributed by atoms with Crippen LogP contribution in [0.5, 0.6) is 11.6 Å². The number of ether oxygens (including phenoxy) is 1. The van der Waals surface area contributed by atoms with Crippen LogP contribution in [0.2, 0.25) is 0 Å². The summed E-state index contributed by atoms with van der Waals surface area (Å²) in [5.74, 6) is 2.68. The van der Waals surface area contributed by atoms with Gasteiger partial charge in [0.05, 0.1) is 6.20 Å². The molecule has 0 saturated heterocycles. The molecule has 0 spiro atoms. The van der Waals surface area contributed by atoms with Crippen LogP contribution in [0.15, 0.2) is 18.3 Å². The van der Waals surface area contributed by atoms with Gasteiger partial charge >= 0.3 is 0 Å². The van der Waals surface area contributed by atoms with Crippen LogP contribution in [-0.2, 0) is 0 Å². The maximum absolute atomic E-state index is 9.05. The van der Waals surface area contributed by atoms with E-state index in [1.165, 1.54) is 25.5 Å². The van der Waals surface area contributed by atoms with E-state index in [4.69, 9.17) is 9.84 Å². The number of nitrogens with zero attached hydrogens (tertiary/aromatic N) is 1. The number of hydrogen-bond acceptors (Lipinski definition) is 3. The van der Waals surface area contributed by atoms with Crippen molar-refractivity contribution in [2.75, 3.05) is 0 Å². The fraction of sp³-hybridized carbons (Fsp3) is 0.545. The molecule has 3 heteroatoms. The third-order valence-electron chi connectivity index (χ3n) is 3.21. The Labute approximate surface area is 82.7 Å². The van der Waals surface area contributed by atoms with Gasteiger partial charge in [0.1, 0.15) is 11.9 Å². The average molecular weight is 191 g/mol. The predicted molar refractivity (Wildman–Crippen MR) is 51.1 cm³/mol. The summed E-state index contributed by atoms with van der Waals surface area (Å²) in [6.07, 6.45) is 5.56. The Morgan fingerprint density at radius 1 is 1.21 bits per heavy atom. The number of pyridine rings is 1. The number of hydrogen-bond donors (Lipinski definition) is 1. The van der Waals surface area contributed by atoms with E-state index in [0.29, 0.717) is 12.0 Å². The van der Waals surface area contributed by atoms with Crippen molar-refractivity contribution in [1.29, 1.82) is 0 Å². The highest BCUT2D eigenvalue weighted by molar-refractivity contribution is 5.21. The first-order chi connectivity index (χ1) is 6.81. The molecular weight excluding hydrogens is 178 g/mol. The van der Waals surface area contributed by atoms with E-state index in [1.807, 2.05) is 0 Å². The summed E-state index contributed by atoms with van der Waals surface area (Å²) in [5, 5.41) is 9.05. The predicted octanol–water partition coefficient (Wildman–Crippen LogP) is 1.96. The molecule has 0 amide bonds. The van der Waals surface area contributed by atoms with E-state index in [9.17, 15) is 0 Å². The second-order valence-electron chi connectivity index (χ2n) is 4.32. The zero-order valence-electron chi connectivity index (χ0n) is 7.89. The van der Waals surface area contributed by atoms with Gasteiger partial charge in [0.25, 0.3) is 0 Å². The largest absolute Gasteiger partial charge is 0.506 e. The third-order valence-corrected chi connectivity index (χ3v) is 3.21. The van der Waals surface area contributed by atoms with Crippen molar-refractivity contribution in [1.82, 2.24) is 4.98 Å². The van der Waals surface area contributed by atoms with Crippen LogP contribution in [0, 0.1) is 11.8 Å². The number of fused-ring (bicyclic) bond motifs is 1. The maximum Gasteiger partial charge on any atom is 0.213 e. The topological polar surface area (TPSA) is 42.4 Å². The van der Waals surface area contributed by atoms with Crippen molar-refractivity contribution in [3.8, 4) is 11.6 Å². The lowest BCUT2D eigenvalue weighted by Gasteiger charge is -2.13. The van der Waals surface area contributed by atoms with Gasteiger partial charge in [0, 0.05) is 6.07 Å². The van der Waals surface area contributed by atoms with Gasteiger partial charge in [-0.3, -0.25) is 0 Å². The van der Waals surface area contributed by atoms with Crippen molar-refractivity contribution in [3.05, 3.63) is 18.3 Å². The van der Waals surface area contributed by atoms with Gasteiger partial charge in [-0.25, -0.2) is 4.98 Å². The van der Waals surface area contributed by atoms with Gasteiger partial charge in [0.15, 0.2) is 0 Å². The highest BCUT2D eigenvalue weighted by Crippen LogP contribution is 2.52. The van der Waals surface area contributed by atoms with Crippen LogP contribution in [0.1, 0.15) is 19.3 Å². The molecule has 2 fully saturated rings. The second-order valence-corrected chi connectivity index (χ2v) is 4.32. The van der Waals surface area contributed by atoms with Crippen molar-refractivity contribution in [2.45, 2.75) is 25.4 Å². The number of aromatic nitrogens is 1. The minimum absolute atomic E-state index is 0.187. The summed E-state index contributed by atoms with van der Waals surface area (Å²) in [7, 11) is 0. The minimum Gasteiger partial charge on any atom is -0.506 e. The Kier molecular flexibility index (Phi) is 1.66. The normalized spacial score (nSPS) is 33.9. The van der Waals surface area contributed by atoms with Crippen LogP contribution in [0.25, 0.3) is 0 Å². The van der Waals surface area contributed by atoms with Gasteiger partial charge in [-0.2, -0.15) is 0 Å². The SMILES string of the molecule is Oc1ccc(OC2CC3CC3C2)nc1. The molecule has 1 N–H and O–H groups in total. The van der Waals surface area contributed by atoms with Crippen LogP contribution in [0.3, 0.4) is 0 Å². The molecule has 1 aromatic rings. The summed E-state index contributed by atoms with van der Waals surface area (Å²) in [6.45, 7) is 0. The van der Waals surface area contributed by atoms with Crippen LogP contribution in [-0.4, -0.2) is 16.2 Å². The molecule has 2 atom stereocenters. The van der Waals surface area contributed by atoms with E-state index in [-0.39, 0.29) is 5.75 Å². The first kappa shape index (κ1) is 8.09. The van der Waals surface area contributed by atoms with Crippen LogP contribution < -0.4 is 4.74 Å². The van der Waals surface area contributed by atoms with Gasteiger partial charge in [-0.1, -0.05) is 0 Å². The van der Waals surface area contributed by atoms with E-state index in [1.54, 1.807) is 12.1 Å². The van der Waals surface area contributed by atoms with E-state index in [0.717, 1.165) is 11.8 Å². The van der Waals surface area contributed by atoms with Crippen molar-refractivity contribution < 1.29 is 9.84 Å². The Balaban J connectivity index is 1.64. The summed E-state index contributed by atoms with van der Waals surface area (Å²) in [5.41, 5.74) is 0. The third kappa shape index (κ3) is 1.43. The average Bonchev–Trinajstić information content (AvgIpc) is 2.79. The van der Waals surface area contributed by atoms with Crippen molar-refractivity contribution in [3.63, 3.8) is 0 Å². The monoisotopic (exact) mass is 191 g/mol. The Bertz CT molecular complexity index is 326. The van der Waals surface area contributed by atoms with Gasteiger partial charge in [-0.05, 0) is 37.2 Å². The first-order valence-corrected chi connectivity index (χ1v) is 5.13. The van der Waals surface area contributed by atoms with Gasteiger partial charge < -0.3 is 9.84 Å². The van der Waals surface area contributed by atoms with Crippen molar-refractivity contribution in [2.24, 2.45) is 11.8 Å². The second kappa shape index (κ2) is 2.87. The van der Waals surface area contributed by atoms with E-state index < -0.39 is 0 Å². The molecular formula is C11H13NO2. The summed E-state index contributed by atoms with van der Waals surface area (Å²) < 4.78 is 5.71. The lowest BCUT2D eigenvalue weighted by atomic mass is 10.2. The van der Waals surface area contributed by atoms with Gasteiger partial charge in [-0.15, -0.1) is 0 Å². The summed E-state index contributed by atoms with van der Waals surface area (Å²) >= 11 is 0. The highest BCUT2D eigenvalue weighted by atomic mass is 16.5. The molecule has 3 nitrogen and oxygen atoms in total. The standard InChI is InChI=1S/C11H13NO2/c13-9-1-2-11(12-6-9)14-10-4-7-3-8(7)5-10/h1-2,6-8,10,13H,3-5H2. The Morgan fingerprint density at radius 3 is 2.64 bits per heavy atom. The molecule has 2 aliphatic rings. The molecule has 0 aromatic carbocycles. The number of aromatic hydroxyl groups is 1. The van der Waals surface area contributed by atoms with Crippen LogP contribution >= 0.6 is 0 Å². The smallest absolute Gasteiger partial charge is 0.213 e. The molecule has 2 saturated carbocycles. The Morgan fingerprint density at radius 2 is 2.00 bits per heavy atom. The molecule has 2 aliphatic carbocycles. The zero-order valence-corrected chi connectivity index (χ0v) is 7.89. The van der Waals surface area contributed by atoms with Gasteiger partial charge in [0.2, 0.25) is 5.88 Å². The molecule has 0 radical (unpaired) electrons. The molecule has 1 aromatic heterocycles. The quantitative estimate of drug-likeness (QED) is 0.777. The Hall–Kier alpha value is -1.25. The lowest BCUT2D eigenvalue weighted by molar-refractivity contribution is 0.186. The first-order valence-electron chi connectivity index (χ1n) is 5.13. The zero-order chi connectivity index (χ0) is 9.54. The fourth-order valence-corrected chi connectivity index (χ4v) is 2.37. The molecule has 3 rings (SSSR count). The minimum atomic E-state index is 0.187. The summed E-state index contributed by atoms with van der Waals surface area (Å²) in [6, 6.07) is 3.33. The van der Waals surface area contributed by atoms with E-state index in [2.05, 4.69) is 4.98 Å². The molecule has 1 heterocycles. The molecule has 14 heavy (non-hydrogen) atoms. The lowest BCUT2D eigenvalue weighted by Crippen LogP contribution is -2.14. The highest BCUT2D eigenvalue weighted by Gasteiger charge is 2.46. The van der Waals surface area contributed by atoms with Crippen molar-refractivity contribution >= 4 is 0 Å². The molecule has 0 aliphatic heterocycles. The summed E-state index contributed by atoms with van der Waals surface area (Å²) in [4.78, 5) is 4.01. The fourth-order valence-electron chi connectivity index (χ4n) is 2.37. The molecule has 74 valence electrons. The number of rotatable bonds is 2. The van der Waals surface area contributed by atoms with E-state index >= 15 is 0 Å².